The van der Waals surface area contributed by atoms with Gasteiger partial charge in [-0.15, -0.1) is 0 Å². The molecule has 0 aliphatic heterocycles. The van der Waals surface area contributed by atoms with Crippen LogP contribution in [0.25, 0.3) is 0 Å². The second-order valence-electron chi connectivity index (χ2n) is 6.03. The highest BCUT2D eigenvalue weighted by molar-refractivity contribution is 7.92. The van der Waals surface area contributed by atoms with Gasteiger partial charge in [0.25, 0.3) is 0 Å². The first-order chi connectivity index (χ1) is 9.15. The monoisotopic (exact) mass is 299 g/mol. The second kappa shape index (κ2) is 6.59. The lowest BCUT2D eigenvalue weighted by molar-refractivity contribution is 0.414. The summed E-state index contributed by atoms with van der Waals surface area (Å²) in [7, 11) is -1.47. The van der Waals surface area contributed by atoms with Gasteiger partial charge in [0.15, 0.2) is 9.84 Å². The van der Waals surface area contributed by atoms with Gasteiger partial charge >= 0.3 is 0 Å². The average Bonchev–Trinajstić information content (AvgIpc) is 2.36. The van der Waals surface area contributed by atoms with Gasteiger partial charge in [-0.25, -0.2) is 8.42 Å². The minimum Gasteiger partial charge on any atom is -0.497 e. The standard InChI is InChI=1S/C15H25NO3S/c1-15(2,3)20(17,18)10-9-13(16)11-12-5-7-14(19-4)8-6-12/h5-8,13H,9-11,16H2,1-4H3. The zero-order valence-corrected chi connectivity index (χ0v) is 13.5. The van der Waals surface area contributed by atoms with Crippen LogP contribution in [0.5, 0.6) is 5.75 Å². The molecule has 0 heterocycles. The zero-order chi connectivity index (χ0) is 15.4. The van der Waals surface area contributed by atoms with E-state index in [0.29, 0.717) is 12.8 Å². The van der Waals surface area contributed by atoms with Gasteiger partial charge in [-0.1, -0.05) is 12.1 Å². The first-order valence-corrected chi connectivity index (χ1v) is 8.42. The van der Waals surface area contributed by atoms with Crippen molar-refractivity contribution in [3.05, 3.63) is 29.8 Å². The third-order valence-electron chi connectivity index (χ3n) is 3.35. The Morgan fingerprint density at radius 3 is 2.20 bits per heavy atom. The summed E-state index contributed by atoms with van der Waals surface area (Å²) < 4.78 is 28.4. The number of ether oxygens (including phenoxy) is 1. The molecule has 0 aliphatic carbocycles. The third kappa shape index (κ3) is 4.80. The smallest absolute Gasteiger partial charge is 0.155 e. The maximum absolute atomic E-state index is 12.0. The van der Waals surface area contributed by atoms with Crippen LogP contribution in [0.1, 0.15) is 32.8 Å². The fourth-order valence-corrected chi connectivity index (χ4v) is 3.00. The van der Waals surface area contributed by atoms with E-state index >= 15 is 0 Å². The Morgan fingerprint density at radius 1 is 1.20 bits per heavy atom. The van der Waals surface area contributed by atoms with Crippen molar-refractivity contribution in [1.29, 1.82) is 0 Å². The maximum atomic E-state index is 12.0. The van der Waals surface area contributed by atoms with E-state index in [-0.39, 0.29) is 11.8 Å². The Balaban J connectivity index is 2.54. The largest absolute Gasteiger partial charge is 0.497 e. The van der Waals surface area contributed by atoms with E-state index in [9.17, 15) is 8.42 Å². The summed E-state index contributed by atoms with van der Waals surface area (Å²) in [6, 6.07) is 7.52. The van der Waals surface area contributed by atoms with Gasteiger partial charge in [0, 0.05) is 6.04 Å². The summed E-state index contributed by atoms with van der Waals surface area (Å²) in [6.45, 7) is 5.16. The molecule has 0 amide bonds. The summed E-state index contributed by atoms with van der Waals surface area (Å²) in [4.78, 5) is 0. The molecular formula is C15H25NO3S. The lowest BCUT2D eigenvalue weighted by Crippen LogP contribution is -2.34. The molecule has 5 heteroatoms. The van der Waals surface area contributed by atoms with E-state index in [0.717, 1.165) is 11.3 Å². The summed E-state index contributed by atoms with van der Waals surface area (Å²) in [5.41, 5.74) is 7.12. The predicted octanol–water partition coefficient (Wildman–Crippen LogP) is 2.17. The van der Waals surface area contributed by atoms with Gasteiger partial charge in [-0.3, -0.25) is 0 Å². The van der Waals surface area contributed by atoms with E-state index in [1.807, 2.05) is 24.3 Å². The van der Waals surface area contributed by atoms with Crippen LogP contribution in [0.15, 0.2) is 24.3 Å². The molecule has 0 aliphatic rings. The molecule has 0 fully saturated rings. The minimum absolute atomic E-state index is 0.133. The first kappa shape index (κ1) is 17.0. The third-order valence-corrected chi connectivity index (χ3v) is 5.99. The number of rotatable bonds is 6. The van der Waals surface area contributed by atoms with Crippen molar-refractivity contribution in [2.24, 2.45) is 5.73 Å². The molecule has 1 rings (SSSR count). The summed E-state index contributed by atoms with van der Waals surface area (Å²) in [6.07, 6.45) is 1.15. The minimum atomic E-state index is -3.10. The number of hydrogen-bond donors (Lipinski definition) is 1. The van der Waals surface area contributed by atoms with Crippen molar-refractivity contribution in [2.45, 2.75) is 44.4 Å². The lowest BCUT2D eigenvalue weighted by Gasteiger charge is -2.20. The van der Waals surface area contributed by atoms with Crippen molar-refractivity contribution in [3.8, 4) is 5.75 Å². The Hall–Kier alpha value is -1.07. The molecule has 2 N–H and O–H groups in total. The highest BCUT2D eigenvalue weighted by Gasteiger charge is 2.28. The van der Waals surface area contributed by atoms with Crippen LogP contribution in [0, 0.1) is 0 Å². The highest BCUT2D eigenvalue weighted by Crippen LogP contribution is 2.18. The van der Waals surface area contributed by atoms with Gasteiger partial charge in [0.2, 0.25) is 0 Å². The maximum Gasteiger partial charge on any atom is 0.155 e. The molecule has 0 saturated carbocycles. The van der Waals surface area contributed by atoms with Crippen LogP contribution >= 0.6 is 0 Å². The van der Waals surface area contributed by atoms with Crippen molar-refractivity contribution >= 4 is 9.84 Å². The molecule has 114 valence electrons. The van der Waals surface area contributed by atoms with Crippen LogP contribution in [0.3, 0.4) is 0 Å². The highest BCUT2D eigenvalue weighted by atomic mass is 32.2. The number of benzene rings is 1. The van der Waals surface area contributed by atoms with E-state index in [4.69, 9.17) is 10.5 Å². The lowest BCUT2D eigenvalue weighted by atomic mass is 10.0. The fourth-order valence-electron chi connectivity index (χ4n) is 1.78. The van der Waals surface area contributed by atoms with Crippen molar-refractivity contribution < 1.29 is 13.2 Å². The van der Waals surface area contributed by atoms with Crippen molar-refractivity contribution in [1.82, 2.24) is 0 Å². The SMILES string of the molecule is COc1ccc(CC(N)CCS(=O)(=O)C(C)(C)C)cc1. The molecule has 0 radical (unpaired) electrons. The van der Waals surface area contributed by atoms with E-state index in [1.54, 1.807) is 27.9 Å². The molecule has 4 nitrogen and oxygen atoms in total. The van der Waals surface area contributed by atoms with Gasteiger partial charge < -0.3 is 10.5 Å². The van der Waals surface area contributed by atoms with Gasteiger partial charge in [0.05, 0.1) is 17.6 Å². The second-order valence-corrected chi connectivity index (χ2v) is 8.89. The quantitative estimate of drug-likeness (QED) is 0.874. The fraction of sp³-hybridized carbons (Fsp3) is 0.600. The Labute approximate surface area is 122 Å². The van der Waals surface area contributed by atoms with Crippen LogP contribution in [-0.4, -0.2) is 32.1 Å². The van der Waals surface area contributed by atoms with Crippen LogP contribution < -0.4 is 10.5 Å². The molecule has 1 aromatic carbocycles. The van der Waals surface area contributed by atoms with E-state index in [2.05, 4.69) is 0 Å². The number of hydrogen-bond acceptors (Lipinski definition) is 4. The summed E-state index contributed by atoms with van der Waals surface area (Å²) in [5.74, 6) is 0.936. The summed E-state index contributed by atoms with van der Waals surface area (Å²) in [5, 5.41) is 0. The number of nitrogens with two attached hydrogens (primary N) is 1. The number of sulfone groups is 1. The van der Waals surface area contributed by atoms with Crippen LogP contribution in [-0.2, 0) is 16.3 Å². The molecule has 1 unspecified atom stereocenters. The normalized spacial score (nSPS) is 14.1. The van der Waals surface area contributed by atoms with Crippen molar-refractivity contribution in [3.63, 3.8) is 0 Å². The van der Waals surface area contributed by atoms with Gasteiger partial charge in [-0.2, -0.15) is 0 Å². The Kier molecular flexibility index (Phi) is 5.59. The molecule has 0 spiro atoms. The molecule has 0 saturated heterocycles. The van der Waals surface area contributed by atoms with Crippen molar-refractivity contribution in [2.75, 3.05) is 12.9 Å². The Bertz CT molecular complexity index is 515. The van der Waals surface area contributed by atoms with Gasteiger partial charge in [0.1, 0.15) is 5.75 Å². The average molecular weight is 299 g/mol. The Morgan fingerprint density at radius 2 is 1.75 bits per heavy atom. The first-order valence-electron chi connectivity index (χ1n) is 6.76. The van der Waals surface area contributed by atoms with Crippen LogP contribution in [0.4, 0.5) is 0 Å². The molecule has 0 bridgehead atoms. The molecule has 20 heavy (non-hydrogen) atoms. The molecule has 1 atom stereocenters. The van der Waals surface area contributed by atoms with E-state index in [1.165, 1.54) is 0 Å². The van der Waals surface area contributed by atoms with Crippen LogP contribution in [0.2, 0.25) is 0 Å². The predicted molar refractivity (Wildman–Crippen MR) is 82.8 cm³/mol. The topological polar surface area (TPSA) is 69.4 Å². The molecular weight excluding hydrogens is 274 g/mol. The number of methoxy groups -OCH3 is 1. The van der Waals surface area contributed by atoms with E-state index < -0.39 is 14.6 Å². The zero-order valence-electron chi connectivity index (χ0n) is 12.7. The summed E-state index contributed by atoms with van der Waals surface area (Å²) >= 11 is 0. The van der Waals surface area contributed by atoms with Gasteiger partial charge in [-0.05, 0) is 51.3 Å². The molecule has 1 aromatic rings. The molecule has 0 aromatic heterocycles.